The van der Waals surface area contributed by atoms with Gasteiger partial charge in [0.1, 0.15) is 5.65 Å². The topological polar surface area (TPSA) is 66.8 Å². The first-order chi connectivity index (χ1) is 14.2. The number of rotatable bonds is 3. The van der Waals surface area contributed by atoms with E-state index in [1.807, 2.05) is 35.2 Å². The molecule has 1 N–H and O–H groups in total. The van der Waals surface area contributed by atoms with Crippen molar-refractivity contribution in [1.29, 1.82) is 0 Å². The van der Waals surface area contributed by atoms with Gasteiger partial charge in [0.2, 0.25) is 5.91 Å². The Kier molecular flexibility index (Phi) is 3.45. The van der Waals surface area contributed by atoms with Gasteiger partial charge >= 0.3 is 0 Å². The number of nitrogens with one attached hydrogen (secondary N) is 1. The van der Waals surface area contributed by atoms with E-state index in [4.69, 9.17) is 0 Å². The van der Waals surface area contributed by atoms with E-state index in [0.717, 1.165) is 51.6 Å². The van der Waals surface area contributed by atoms with Gasteiger partial charge in [-0.25, -0.2) is 9.97 Å². The van der Waals surface area contributed by atoms with Gasteiger partial charge in [0.05, 0.1) is 17.4 Å². The molecule has 0 atom stereocenters. The van der Waals surface area contributed by atoms with Gasteiger partial charge in [-0.2, -0.15) is 0 Å². The van der Waals surface area contributed by atoms with E-state index in [1.165, 1.54) is 5.57 Å². The van der Waals surface area contributed by atoms with Crippen LogP contribution in [0.5, 0.6) is 0 Å². The summed E-state index contributed by atoms with van der Waals surface area (Å²) in [6.07, 6.45) is 10.0. The highest BCUT2D eigenvalue weighted by atomic mass is 16.2. The van der Waals surface area contributed by atoms with E-state index in [-0.39, 0.29) is 5.92 Å². The molecule has 1 saturated carbocycles. The molecule has 0 radical (unpaired) electrons. The zero-order chi connectivity index (χ0) is 19.5. The van der Waals surface area contributed by atoms with Crippen molar-refractivity contribution in [2.24, 2.45) is 13.0 Å². The van der Waals surface area contributed by atoms with Gasteiger partial charge in [0.25, 0.3) is 0 Å². The van der Waals surface area contributed by atoms with Crippen molar-refractivity contribution < 1.29 is 4.79 Å². The largest absolute Gasteiger partial charge is 0.346 e. The lowest BCUT2D eigenvalue weighted by Gasteiger charge is -2.16. The summed E-state index contributed by atoms with van der Waals surface area (Å²) in [6.45, 7) is 1.39. The van der Waals surface area contributed by atoms with Crippen LogP contribution in [0.4, 0.5) is 0 Å². The molecule has 0 bridgehead atoms. The van der Waals surface area contributed by atoms with Crippen LogP contribution in [-0.2, 0) is 11.8 Å². The summed E-state index contributed by atoms with van der Waals surface area (Å²) in [6, 6.07) is 8.53. The second-order valence-corrected chi connectivity index (χ2v) is 8.10. The van der Waals surface area contributed by atoms with Gasteiger partial charge in [-0.05, 0) is 47.7 Å². The molecule has 0 saturated heterocycles. The number of H-pyrrole nitrogens is 1. The van der Waals surface area contributed by atoms with E-state index in [0.29, 0.717) is 19.0 Å². The molecule has 1 aliphatic heterocycles. The number of amides is 1. The molecule has 1 fully saturated rings. The van der Waals surface area contributed by atoms with Crippen LogP contribution in [0.25, 0.3) is 38.8 Å². The van der Waals surface area contributed by atoms with Crippen molar-refractivity contribution in [1.82, 2.24) is 24.4 Å². The van der Waals surface area contributed by atoms with Crippen LogP contribution >= 0.6 is 0 Å². The summed E-state index contributed by atoms with van der Waals surface area (Å²) in [5.41, 5.74) is 7.51. The molecule has 1 aromatic carbocycles. The molecule has 2 aliphatic rings. The van der Waals surface area contributed by atoms with Crippen molar-refractivity contribution in [3.05, 3.63) is 54.6 Å². The predicted octanol–water partition coefficient (Wildman–Crippen LogP) is 3.75. The first kappa shape index (κ1) is 16.5. The number of benzene rings is 1. The third kappa shape index (κ3) is 2.67. The van der Waals surface area contributed by atoms with Crippen molar-refractivity contribution in [2.75, 3.05) is 13.1 Å². The van der Waals surface area contributed by atoms with E-state index >= 15 is 0 Å². The molecule has 1 amide bonds. The number of hydrogen-bond donors (Lipinski definition) is 1. The number of carbonyl (C=O) groups excluding carboxylic acids is 1. The molecule has 0 spiro atoms. The average molecular weight is 383 g/mol. The molecular weight excluding hydrogens is 362 g/mol. The number of pyridine rings is 1. The van der Waals surface area contributed by atoms with Gasteiger partial charge in [0, 0.05) is 49.4 Å². The quantitative estimate of drug-likeness (QED) is 0.586. The number of aryl methyl sites for hydroxylation is 1. The fraction of sp³-hybridized carbons (Fsp3) is 0.261. The summed E-state index contributed by atoms with van der Waals surface area (Å²) < 4.78 is 2.03. The Morgan fingerprint density at radius 3 is 2.93 bits per heavy atom. The first-order valence-electron chi connectivity index (χ1n) is 10.0. The Bertz CT molecular complexity index is 1310. The van der Waals surface area contributed by atoms with Crippen LogP contribution in [0.3, 0.4) is 0 Å². The number of hydrogen-bond acceptors (Lipinski definition) is 3. The maximum Gasteiger partial charge on any atom is 0.226 e. The molecule has 3 aromatic heterocycles. The molecular formula is C23H21N5O. The molecule has 144 valence electrons. The summed E-state index contributed by atoms with van der Waals surface area (Å²) >= 11 is 0. The molecule has 0 unspecified atom stereocenters. The van der Waals surface area contributed by atoms with E-state index in [9.17, 15) is 4.79 Å². The summed E-state index contributed by atoms with van der Waals surface area (Å²) in [5.74, 6) is 0.568. The normalized spacial score (nSPS) is 16.7. The summed E-state index contributed by atoms with van der Waals surface area (Å²) in [4.78, 5) is 26.7. The highest BCUT2D eigenvalue weighted by Gasteiger charge is 2.34. The highest BCUT2D eigenvalue weighted by Crippen LogP contribution is 2.35. The lowest BCUT2D eigenvalue weighted by molar-refractivity contribution is -0.131. The minimum Gasteiger partial charge on any atom is -0.346 e. The zero-order valence-electron chi connectivity index (χ0n) is 16.2. The van der Waals surface area contributed by atoms with Crippen LogP contribution < -0.4 is 0 Å². The Balaban J connectivity index is 1.37. The van der Waals surface area contributed by atoms with Crippen molar-refractivity contribution >= 4 is 33.5 Å². The van der Waals surface area contributed by atoms with Gasteiger partial charge in [0.15, 0.2) is 0 Å². The Hall–Kier alpha value is -3.41. The average Bonchev–Trinajstić information content (AvgIpc) is 3.16. The second kappa shape index (κ2) is 6.04. The van der Waals surface area contributed by atoms with Gasteiger partial charge < -0.3 is 14.5 Å². The Morgan fingerprint density at radius 2 is 2.07 bits per heavy atom. The zero-order valence-corrected chi connectivity index (χ0v) is 16.2. The summed E-state index contributed by atoms with van der Waals surface area (Å²) in [7, 11) is 2.01. The molecule has 6 heteroatoms. The predicted molar refractivity (Wildman–Crippen MR) is 113 cm³/mol. The molecule has 4 heterocycles. The first-order valence-corrected chi connectivity index (χ1v) is 10.0. The van der Waals surface area contributed by atoms with Crippen LogP contribution in [0, 0.1) is 5.92 Å². The lowest BCUT2D eigenvalue weighted by Crippen LogP contribution is -2.30. The molecule has 29 heavy (non-hydrogen) atoms. The molecule has 1 aliphatic carbocycles. The van der Waals surface area contributed by atoms with E-state index in [2.05, 4.69) is 45.3 Å². The third-order valence-corrected chi connectivity index (χ3v) is 6.10. The van der Waals surface area contributed by atoms with Crippen molar-refractivity contribution in [3.63, 3.8) is 0 Å². The number of imidazole rings is 1. The summed E-state index contributed by atoms with van der Waals surface area (Å²) in [5, 5.41) is 1.09. The van der Waals surface area contributed by atoms with Crippen LogP contribution in [0.15, 0.2) is 49.1 Å². The van der Waals surface area contributed by atoms with Crippen LogP contribution in [0.1, 0.15) is 18.4 Å². The fourth-order valence-corrected chi connectivity index (χ4v) is 4.23. The highest BCUT2D eigenvalue weighted by molar-refractivity contribution is 5.97. The SMILES string of the molecule is Cn1cnc2ccc(-c3c[nH]c4ncc(C5=CCN(C(=O)C6CC6)C5)cc34)cc21. The van der Waals surface area contributed by atoms with E-state index < -0.39 is 0 Å². The smallest absolute Gasteiger partial charge is 0.226 e. The molecule has 4 aromatic rings. The van der Waals surface area contributed by atoms with Gasteiger partial charge in [-0.1, -0.05) is 12.1 Å². The minimum atomic E-state index is 0.265. The third-order valence-electron chi connectivity index (χ3n) is 6.10. The second-order valence-electron chi connectivity index (χ2n) is 8.10. The van der Waals surface area contributed by atoms with Crippen molar-refractivity contribution in [2.45, 2.75) is 12.8 Å². The Labute approximate surface area is 167 Å². The number of fused-ring (bicyclic) bond motifs is 2. The maximum atomic E-state index is 12.4. The Morgan fingerprint density at radius 1 is 1.17 bits per heavy atom. The number of carbonyl (C=O) groups is 1. The maximum absolute atomic E-state index is 12.4. The van der Waals surface area contributed by atoms with Gasteiger partial charge in [-0.3, -0.25) is 4.79 Å². The molecule has 6 nitrogen and oxygen atoms in total. The lowest BCUT2D eigenvalue weighted by atomic mass is 10.0. The standard InChI is InChI=1S/C23H21N5O/c1-27-13-26-20-5-4-15(9-21(20)27)19-11-25-22-18(19)8-17(10-24-22)16-6-7-28(12-16)23(29)14-2-3-14/h4-6,8-11,13-14H,2-3,7,12H2,1H3,(H,24,25). The van der Waals surface area contributed by atoms with Crippen molar-refractivity contribution in [3.8, 4) is 11.1 Å². The van der Waals surface area contributed by atoms with Crippen LogP contribution in [-0.4, -0.2) is 43.4 Å². The monoisotopic (exact) mass is 383 g/mol. The van der Waals surface area contributed by atoms with Gasteiger partial charge in [-0.15, -0.1) is 0 Å². The minimum absolute atomic E-state index is 0.265. The number of aromatic amines is 1. The number of aromatic nitrogens is 4. The van der Waals surface area contributed by atoms with Crippen LogP contribution in [0.2, 0.25) is 0 Å². The molecule has 6 rings (SSSR count). The fourth-order valence-electron chi connectivity index (χ4n) is 4.23. The number of nitrogens with zero attached hydrogens (tertiary/aromatic N) is 4. The van der Waals surface area contributed by atoms with E-state index in [1.54, 1.807) is 0 Å².